The summed E-state index contributed by atoms with van der Waals surface area (Å²) in [7, 11) is 0. The van der Waals surface area contributed by atoms with E-state index in [4.69, 9.17) is 0 Å². The van der Waals surface area contributed by atoms with E-state index in [-0.39, 0.29) is 162 Å². The fourth-order valence-electron chi connectivity index (χ4n) is 0.102. The molecule has 0 radical (unpaired) electrons. The van der Waals surface area contributed by atoms with Crippen molar-refractivity contribution in [2.45, 2.75) is 0 Å². The van der Waals surface area contributed by atoms with E-state index in [1.807, 2.05) is 0 Å². The van der Waals surface area contributed by atoms with Gasteiger partial charge in [0, 0.05) is 0 Å². The van der Waals surface area contributed by atoms with Gasteiger partial charge in [-0.25, -0.2) is 0 Å². The van der Waals surface area contributed by atoms with Gasteiger partial charge in [0.15, 0.2) is 0 Å². The quantitative estimate of drug-likeness (QED) is 0.457. The van der Waals surface area contributed by atoms with Crippen LogP contribution in [-0.4, -0.2) is 59.1 Å². The van der Waals surface area contributed by atoms with E-state index in [1.54, 1.807) is 0 Å². The molecule has 0 N–H and O–H groups in total. The zero-order valence-corrected chi connectivity index (χ0v) is 14.5. The second-order valence-electron chi connectivity index (χ2n) is 0.885. The van der Waals surface area contributed by atoms with Crippen molar-refractivity contribution in [3.8, 4) is 0 Å². The van der Waals surface area contributed by atoms with Gasteiger partial charge in [0.05, 0.1) is 0 Å². The minimum atomic E-state index is -6.07. The molecule has 0 fully saturated rings. The predicted octanol–water partition coefficient (Wildman–Crippen LogP) is -10.2. The van der Waals surface area contributed by atoms with Gasteiger partial charge < -0.3 is 0 Å². The van der Waals surface area contributed by atoms with Crippen LogP contribution < -0.4 is 111 Å². The maximum atomic E-state index is 9.38. The molecule has 0 aromatic carbocycles. The third-order valence-corrected chi connectivity index (χ3v) is 2.83. The zero-order valence-electron chi connectivity index (χ0n) is 5.67. The fourth-order valence-corrected chi connectivity index (χ4v) is 1.74. The SMILES string of the molecule is [K+].[K+].[NaH].[NaH].[O]=[Cr](=[O])([O-])[O][Cr](=[O])(=[O])[O-]. The number of hydrogen-bond acceptors (Lipinski definition) is 7. The summed E-state index contributed by atoms with van der Waals surface area (Å²) in [5.41, 5.74) is 0. The third kappa shape index (κ3) is 31.8. The van der Waals surface area contributed by atoms with E-state index in [0.717, 1.165) is 0 Å². The molecule has 0 aromatic heterocycles. The van der Waals surface area contributed by atoms with Crippen molar-refractivity contribution in [3.63, 3.8) is 0 Å². The third-order valence-electron chi connectivity index (χ3n) is 0.167. The Bertz CT molecular complexity index is 248. The van der Waals surface area contributed by atoms with Gasteiger partial charge >= 0.3 is 215 Å². The Morgan fingerprint density at radius 2 is 0.923 bits per heavy atom. The van der Waals surface area contributed by atoms with E-state index in [9.17, 15) is 23.5 Å². The van der Waals surface area contributed by atoms with Gasteiger partial charge in [0.25, 0.3) is 0 Å². The summed E-state index contributed by atoms with van der Waals surface area (Å²) in [5.74, 6) is 0. The number of hydrogen-bond donors (Lipinski definition) is 0. The van der Waals surface area contributed by atoms with Crippen LogP contribution in [0.2, 0.25) is 0 Å². The average Bonchev–Trinajstić information content (AvgIpc) is 1.14. The molecule has 13 heteroatoms. The molecule has 0 aromatic rings. The molecule has 0 unspecified atom stereocenters. The first-order valence-electron chi connectivity index (χ1n) is 1.33. The van der Waals surface area contributed by atoms with Crippen LogP contribution in [-0.2, 0) is 45.3 Å². The Balaban J connectivity index is -0.0000000533. The first-order chi connectivity index (χ1) is 3.71. The van der Waals surface area contributed by atoms with Crippen LogP contribution in [0.3, 0.4) is 0 Å². The number of rotatable bonds is 2. The second kappa shape index (κ2) is 13.8. The average molecular weight is 342 g/mol. The zero-order chi connectivity index (χ0) is 7.71. The summed E-state index contributed by atoms with van der Waals surface area (Å²) in [5, 5.41) is 0. The van der Waals surface area contributed by atoms with Crippen LogP contribution in [0.15, 0.2) is 0 Å². The van der Waals surface area contributed by atoms with Crippen molar-refractivity contribution >= 4 is 59.1 Å². The minimum absolute atomic E-state index is 0. The monoisotopic (exact) mass is 342 g/mol. The van der Waals surface area contributed by atoms with E-state index < -0.39 is 27.2 Å². The summed E-state index contributed by atoms with van der Waals surface area (Å²) < 4.78 is 58.9. The molecule has 0 aliphatic heterocycles. The Hall–Kier alpha value is 5.42. The molecule has 0 atom stereocenters. The Morgan fingerprint density at radius 1 is 0.769 bits per heavy atom. The Labute approximate surface area is 209 Å². The molecule has 0 rings (SSSR count). The van der Waals surface area contributed by atoms with Crippen molar-refractivity contribution < 1.29 is 156 Å². The second-order valence-corrected chi connectivity index (χ2v) is 4.52. The van der Waals surface area contributed by atoms with E-state index in [0.29, 0.717) is 0 Å². The standard InChI is InChI=1S/2Cr.2K.2Na.7O.2H/q;;2*+1;;;;;;;;2*-1;;. The van der Waals surface area contributed by atoms with Crippen molar-refractivity contribution in [2.24, 2.45) is 0 Å². The van der Waals surface area contributed by atoms with Crippen LogP contribution in [0.4, 0.5) is 0 Å². The van der Waals surface area contributed by atoms with Crippen molar-refractivity contribution in [2.75, 3.05) is 0 Å². The molecule has 0 aliphatic rings. The molecule has 0 amide bonds. The van der Waals surface area contributed by atoms with E-state index in [2.05, 4.69) is 2.84 Å². The van der Waals surface area contributed by atoms with Crippen molar-refractivity contribution in [3.05, 3.63) is 0 Å². The first-order valence-corrected chi connectivity index (χ1v) is 5.50. The van der Waals surface area contributed by atoms with Gasteiger partial charge in [-0.1, -0.05) is 0 Å². The van der Waals surface area contributed by atoms with Crippen LogP contribution in [0.1, 0.15) is 0 Å². The Morgan fingerprint density at radius 3 is 0.923 bits per heavy atom. The van der Waals surface area contributed by atoms with Gasteiger partial charge in [0.2, 0.25) is 0 Å². The molecule has 60 valence electrons. The molecule has 0 aliphatic carbocycles. The molecule has 0 bridgehead atoms. The molecular formula is H2Cr2K2Na2O7. The summed E-state index contributed by atoms with van der Waals surface area (Å²) in [6.45, 7) is 0. The van der Waals surface area contributed by atoms with E-state index in [1.165, 1.54) is 0 Å². The van der Waals surface area contributed by atoms with Crippen LogP contribution in [0.25, 0.3) is 0 Å². The summed E-state index contributed by atoms with van der Waals surface area (Å²) in [6.07, 6.45) is 0. The van der Waals surface area contributed by atoms with Crippen LogP contribution in [0.5, 0.6) is 0 Å². The topological polar surface area (TPSA) is 124 Å². The molecule has 7 nitrogen and oxygen atoms in total. The van der Waals surface area contributed by atoms with Crippen LogP contribution >= 0.6 is 0 Å². The Kier molecular flexibility index (Phi) is 33.0. The van der Waals surface area contributed by atoms with Gasteiger partial charge in [-0.15, -0.1) is 0 Å². The van der Waals surface area contributed by atoms with Gasteiger partial charge in [-0.2, -0.15) is 0 Å². The van der Waals surface area contributed by atoms with Gasteiger partial charge in [-0.3, -0.25) is 0 Å². The first kappa shape index (κ1) is 31.0. The molecule has 0 saturated carbocycles. The molecule has 0 heterocycles. The van der Waals surface area contributed by atoms with Crippen molar-refractivity contribution in [1.29, 1.82) is 0 Å². The maximum absolute atomic E-state index is 9.38. The van der Waals surface area contributed by atoms with E-state index >= 15 is 0 Å². The summed E-state index contributed by atoms with van der Waals surface area (Å²) >= 11 is -12.1. The molecule has 13 heavy (non-hydrogen) atoms. The molecule has 0 saturated heterocycles. The fraction of sp³-hybridized carbons (Fsp3) is 0. The normalized spacial score (nSPS) is 9.38. The van der Waals surface area contributed by atoms with Crippen molar-refractivity contribution in [1.82, 2.24) is 0 Å². The molecular weight excluding hydrogens is 340 g/mol. The van der Waals surface area contributed by atoms with Gasteiger partial charge in [0.1, 0.15) is 0 Å². The van der Waals surface area contributed by atoms with Gasteiger partial charge in [-0.05, 0) is 0 Å². The molecule has 0 spiro atoms. The van der Waals surface area contributed by atoms with Crippen LogP contribution in [0, 0.1) is 0 Å². The predicted molar refractivity (Wildman–Crippen MR) is 18.1 cm³/mol. The summed E-state index contributed by atoms with van der Waals surface area (Å²) in [4.78, 5) is 0. The summed E-state index contributed by atoms with van der Waals surface area (Å²) in [6, 6.07) is 0.